The number of hydrogen-bond donors (Lipinski definition) is 0. The van der Waals surface area contributed by atoms with Crippen LogP contribution in [0.5, 0.6) is 0 Å². The van der Waals surface area contributed by atoms with Crippen molar-refractivity contribution < 1.29 is 4.79 Å². The monoisotopic (exact) mass is 256 g/mol. The largest absolute Gasteiger partial charge is 0.340 e. The van der Waals surface area contributed by atoms with Gasteiger partial charge in [0.1, 0.15) is 0 Å². The molecule has 0 bridgehead atoms. The molecule has 1 heterocycles. The summed E-state index contributed by atoms with van der Waals surface area (Å²) in [5.41, 5.74) is 1.99. The summed E-state index contributed by atoms with van der Waals surface area (Å²) < 4.78 is 0. The smallest absolute Gasteiger partial charge is 0.160 e. The summed E-state index contributed by atoms with van der Waals surface area (Å²) in [6.45, 7) is 0.621. The third-order valence-electron chi connectivity index (χ3n) is 2.55. The second-order valence-corrected chi connectivity index (χ2v) is 4.66. The Morgan fingerprint density at radius 2 is 2.06 bits per heavy atom. The number of anilines is 2. The average molecular weight is 256 g/mol. The SMILES string of the molecule is N#CCCN(c1ccccc1)c1csc(C=O)c1. The van der Waals surface area contributed by atoms with Crippen LogP contribution in [-0.4, -0.2) is 12.8 Å². The summed E-state index contributed by atoms with van der Waals surface area (Å²) in [6, 6.07) is 13.9. The molecule has 2 rings (SSSR count). The maximum absolute atomic E-state index is 10.7. The van der Waals surface area contributed by atoms with E-state index in [4.69, 9.17) is 5.26 Å². The number of nitrogens with zero attached hydrogens (tertiary/aromatic N) is 2. The van der Waals surface area contributed by atoms with Crippen molar-refractivity contribution in [2.24, 2.45) is 0 Å². The number of para-hydroxylation sites is 1. The molecule has 0 spiro atoms. The Morgan fingerprint density at radius 1 is 1.28 bits per heavy atom. The van der Waals surface area contributed by atoms with Crippen LogP contribution in [0, 0.1) is 11.3 Å². The number of thiophene rings is 1. The molecule has 18 heavy (non-hydrogen) atoms. The van der Waals surface area contributed by atoms with Gasteiger partial charge >= 0.3 is 0 Å². The summed E-state index contributed by atoms with van der Waals surface area (Å²) in [5, 5.41) is 10.7. The number of carbonyl (C=O) groups excluding carboxylic acids is 1. The third kappa shape index (κ3) is 2.76. The lowest BCUT2D eigenvalue weighted by Gasteiger charge is -2.22. The predicted molar refractivity (Wildman–Crippen MR) is 73.4 cm³/mol. The van der Waals surface area contributed by atoms with Crippen LogP contribution in [0.3, 0.4) is 0 Å². The van der Waals surface area contributed by atoms with Crippen LogP contribution >= 0.6 is 11.3 Å². The van der Waals surface area contributed by atoms with Gasteiger partial charge in [-0.2, -0.15) is 5.26 Å². The lowest BCUT2D eigenvalue weighted by Crippen LogP contribution is -2.17. The van der Waals surface area contributed by atoms with Crippen LogP contribution in [0.2, 0.25) is 0 Å². The molecule has 0 unspecified atom stereocenters. The van der Waals surface area contributed by atoms with E-state index >= 15 is 0 Å². The molecule has 0 N–H and O–H groups in total. The Morgan fingerprint density at radius 3 is 2.67 bits per heavy atom. The van der Waals surface area contributed by atoms with E-state index in [-0.39, 0.29) is 0 Å². The summed E-state index contributed by atoms with van der Waals surface area (Å²) in [4.78, 5) is 13.5. The van der Waals surface area contributed by atoms with Gasteiger partial charge in [-0.3, -0.25) is 4.79 Å². The molecular weight excluding hydrogens is 244 g/mol. The molecule has 3 nitrogen and oxygen atoms in total. The second kappa shape index (κ2) is 5.99. The van der Waals surface area contributed by atoms with E-state index in [0.29, 0.717) is 17.8 Å². The predicted octanol–water partition coefficient (Wildman–Crippen LogP) is 3.61. The van der Waals surface area contributed by atoms with Crippen LogP contribution < -0.4 is 4.90 Å². The molecule has 0 saturated carbocycles. The zero-order valence-corrected chi connectivity index (χ0v) is 10.6. The van der Waals surface area contributed by atoms with E-state index in [1.165, 1.54) is 11.3 Å². The molecule has 0 saturated heterocycles. The molecule has 0 aliphatic carbocycles. The quantitative estimate of drug-likeness (QED) is 0.767. The van der Waals surface area contributed by atoms with Gasteiger partial charge in [0.05, 0.1) is 23.1 Å². The van der Waals surface area contributed by atoms with Gasteiger partial charge in [-0.15, -0.1) is 11.3 Å². The molecule has 90 valence electrons. The van der Waals surface area contributed by atoms with E-state index in [1.54, 1.807) is 0 Å². The summed E-state index contributed by atoms with van der Waals surface area (Å²) >= 11 is 1.41. The van der Waals surface area contributed by atoms with Gasteiger partial charge in [0, 0.05) is 17.6 Å². The first-order valence-corrected chi connectivity index (χ1v) is 6.46. The zero-order chi connectivity index (χ0) is 12.8. The number of nitriles is 1. The number of benzene rings is 1. The van der Waals surface area contributed by atoms with Crippen molar-refractivity contribution in [2.75, 3.05) is 11.4 Å². The lowest BCUT2D eigenvalue weighted by molar-refractivity contribution is 0.112. The van der Waals surface area contributed by atoms with E-state index in [9.17, 15) is 4.79 Å². The molecule has 1 aromatic carbocycles. The molecule has 0 aliphatic heterocycles. The van der Waals surface area contributed by atoms with Crippen molar-refractivity contribution in [3.8, 4) is 6.07 Å². The summed E-state index contributed by atoms with van der Waals surface area (Å²) in [5.74, 6) is 0. The van der Waals surface area contributed by atoms with Crippen molar-refractivity contribution >= 4 is 29.0 Å². The molecule has 0 amide bonds. The van der Waals surface area contributed by atoms with Crippen molar-refractivity contribution in [2.45, 2.75) is 6.42 Å². The Labute approximate surface area is 110 Å². The minimum Gasteiger partial charge on any atom is -0.340 e. The number of carbonyl (C=O) groups is 1. The highest BCUT2D eigenvalue weighted by Crippen LogP contribution is 2.29. The number of rotatable bonds is 5. The lowest BCUT2D eigenvalue weighted by atomic mass is 10.2. The van der Waals surface area contributed by atoms with Gasteiger partial charge < -0.3 is 4.90 Å². The molecule has 1 aromatic heterocycles. The standard InChI is InChI=1S/C14H12N2OS/c15-7-4-8-16(12-5-2-1-3-6-12)13-9-14(10-17)18-11-13/h1-3,5-6,9-11H,4,8H2. The van der Waals surface area contributed by atoms with Crippen molar-refractivity contribution in [1.29, 1.82) is 5.26 Å². The Balaban J connectivity index is 2.30. The second-order valence-electron chi connectivity index (χ2n) is 3.72. The van der Waals surface area contributed by atoms with E-state index in [0.717, 1.165) is 17.7 Å². The minimum absolute atomic E-state index is 0.446. The fourth-order valence-electron chi connectivity index (χ4n) is 1.72. The topological polar surface area (TPSA) is 44.1 Å². The van der Waals surface area contributed by atoms with Crippen molar-refractivity contribution in [3.05, 3.63) is 46.7 Å². The maximum Gasteiger partial charge on any atom is 0.160 e. The van der Waals surface area contributed by atoms with Crippen LogP contribution in [0.4, 0.5) is 11.4 Å². The van der Waals surface area contributed by atoms with Gasteiger partial charge in [-0.25, -0.2) is 0 Å². The Hall–Kier alpha value is -2.12. The van der Waals surface area contributed by atoms with Crippen LogP contribution in [-0.2, 0) is 0 Å². The first-order valence-electron chi connectivity index (χ1n) is 5.58. The molecule has 4 heteroatoms. The third-order valence-corrected chi connectivity index (χ3v) is 3.39. The van der Waals surface area contributed by atoms with Gasteiger partial charge in [0.2, 0.25) is 0 Å². The fourth-order valence-corrected chi connectivity index (χ4v) is 2.42. The number of hydrogen-bond acceptors (Lipinski definition) is 4. The van der Waals surface area contributed by atoms with Gasteiger partial charge in [0.25, 0.3) is 0 Å². The van der Waals surface area contributed by atoms with Crippen LogP contribution in [0.25, 0.3) is 0 Å². The first kappa shape index (κ1) is 12.3. The fraction of sp³-hybridized carbons (Fsp3) is 0.143. The van der Waals surface area contributed by atoms with E-state index < -0.39 is 0 Å². The van der Waals surface area contributed by atoms with Gasteiger partial charge in [0.15, 0.2) is 6.29 Å². The summed E-state index contributed by atoms with van der Waals surface area (Å²) in [7, 11) is 0. The number of aldehydes is 1. The minimum atomic E-state index is 0.446. The highest BCUT2D eigenvalue weighted by atomic mass is 32.1. The normalized spacial score (nSPS) is 9.72. The van der Waals surface area contributed by atoms with Gasteiger partial charge in [-0.05, 0) is 18.2 Å². The van der Waals surface area contributed by atoms with E-state index in [2.05, 4.69) is 6.07 Å². The van der Waals surface area contributed by atoms with Crippen LogP contribution in [0.15, 0.2) is 41.8 Å². The summed E-state index contributed by atoms with van der Waals surface area (Å²) in [6.07, 6.45) is 1.29. The molecular formula is C14H12N2OS. The molecule has 0 aliphatic rings. The first-order chi connectivity index (χ1) is 8.85. The molecule has 0 fully saturated rings. The van der Waals surface area contributed by atoms with Crippen molar-refractivity contribution in [3.63, 3.8) is 0 Å². The maximum atomic E-state index is 10.7. The van der Waals surface area contributed by atoms with Gasteiger partial charge in [-0.1, -0.05) is 18.2 Å². The van der Waals surface area contributed by atoms with E-state index in [1.807, 2.05) is 46.7 Å². The molecule has 0 radical (unpaired) electrons. The van der Waals surface area contributed by atoms with Crippen molar-refractivity contribution in [1.82, 2.24) is 0 Å². The Kier molecular flexibility index (Phi) is 4.11. The zero-order valence-electron chi connectivity index (χ0n) is 9.74. The highest BCUT2D eigenvalue weighted by Gasteiger charge is 2.10. The van der Waals surface area contributed by atoms with Crippen LogP contribution in [0.1, 0.15) is 16.1 Å². The molecule has 2 aromatic rings. The Bertz CT molecular complexity index is 557. The molecule has 0 atom stereocenters. The highest BCUT2D eigenvalue weighted by molar-refractivity contribution is 7.12. The average Bonchev–Trinajstić information content (AvgIpc) is 2.89.